The number of halogens is 2. The second-order valence-electron chi connectivity index (χ2n) is 3.32. The maximum absolute atomic E-state index is 13.4. The number of nitrogens with two attached hydrogens (primary N) is 1. The Labute approximate surface area is 82.7 Å². The van der Waals surface area contributed by atoms with E-state index >= 15 is 0 Å². The van der Waals surface area contributed by atoms with Crippen LogP contribution in [0.3, 0.4) is 0 Å². The van der Waals surface area contributed by atoms with E-state index in [-0.39, 0.29) is 16.9 Å². The first-order valence-corrected chi connectivity index (χ1v) is 4.53. The molecule has 2 N–H and O–H groups in total. The first-order valence-electron chi connectivity index (χ1n) is 4.15. The van der Waals surface area contributed by atoms with Gasteiger partial charge in [0.05, 0.1) is 5.02 Å². The zero-order valence-electron chi connectivity index (χ0n) is 7.99. The van der Waals surface area contributed by atoms with E-state index in [0.29, 0.717) is 5.56 Å². The smallest absolute Gasteiger partial charge is 0.145 e. The molecule has 0 spiro atoms. The largest absolute Gasteiger partial charge is 0.324 e. The van der Waals surface area contributed by atoms with E-state index in [2.05, 4.69) is 0 Å². The lowest BCUT2D eigenvalue weighted by molar-refractivity contribution is 0.610. The SMILES string of the molecule is Cc1cc(C(C)N)c(C)c(F)c1Cl. The molecule has 0 saturated heterocycles. The minimum absolute atomic E-state index is 0.162. The van der Waals surface area contributed by atoms with Crippen molar-refractivity contribution < 1.29 is 4.39 Å². The van der Waals surface area contributed by atoms with Gasteiger partial charge in [-0.3, -0.25) is 0 Å². The molecule has 3 heteroatoms. The fourth-order valence-electron chi connectivity index (χ4n) is 1.34. The minimum Gasteiger partial charge on any atom is -0.324 e. The third-order valence-electron chi connectivity index (χ3n) is 2.16. The molecule has 0 amide bonds. The molecule has 1 unspecified atom stereocenters. The molecule has 72 valence electrons. The predicted molar refractivity (Wildman–Crippen MR) is 53.5 cm³/mol. The van der Waals surface area contributed by atoms with Crippen molar-refractivity contribution in [2.24, 2.45) is 5.73 Å². The fourth-order valence-corrected chi connectivity index (χ4v) is 1.54. The molecule has 1 aromatic rings. The van der Waals surface area contributed by atoms with Gasteiger partial charge in [-0.2, -0.15) is 0 Å². The summed E-state index contributed by atoms with van der Waals surface area (Å²) in [5.41, 5.74) is 7.79. The van der Waals surface area contributed by atoms with E-state index in [1.807, 2.05) is 13.0 Å². The van der Waals surface area contributed by atoms with Crippen LogP contribution in [0.4, 0.5) is 4.39 Å². The van der Waals surface area contributed by atoms with Crippen LogP contribution in [0.1, 0.15) is 29.7 Å². The zero-order chi connectivity index (χ0) is 10.2. The van der Waals surface area contributed by atoms with Crippen LogP contribution in [-0.2, 0) is 0 Å². The molecule has 1 aromatic carbocycles. The Morgan fingerprint density at radius 1 is 1.46 bits per heavy atom. The lowest BCUT2D eigenvalue weighted by Gasteiger charge is -2.13. The Morgan fingerprint density at radius 3 is 2.46 bits per heavy atom. The summed E-state index contributed by atoms with van der Waals surface area (Å²) in [5.74, 6) is -0.353. The van der Waals surface area contributed by atoms with E-state index in [1.165, 1.54) is 0 Å². The second-order valence-corrected chi connectivity index (χ2v) is 3.70. The molecule has 0 bridgehead atoms. The van der Waals surface area contributed by atoms with Crippen molar-refractivity contribution in [2.45, 2.75) is 26.8 Å². The van der Waals surface area contributed by atoms with E-state index in [1.54, 1.807) is 13.8 Å². The van der Waals surface area contributed by atoms with Crippen LogP contribution in [0, 0.1) is 19.7 Å². The van der Waals surface area contributed by atoms with Crippen molar-refractivity contribution in [2.75, 3.05) is 0 Å². The molecular formula is C10H13ClFN. The van der Waals surface area contributed by atoms with Gasteiger partial charge in [-0.1, -0.05) is 17.7 Å². The molecule has 13 heavy (non-hydrogen) atoms. The zero-order valence-corrected chi connectivity index (χ0v) is 8.74. The summed E-state index contributed by atoms with van der Waals surface area (Å²) in [4.78, 5) is 0. The van der Waals surface area contributed by atoms with E-state index < -0.39 is 0 Å². The van der Waals surface area contributed by atoms with Crippen LogP contribution >= 0.6 is 11.6 Å². The number of rotatable bonds is 1. The summed E-state index contributed by atoms with van der Waals surface area (Å²) in [6.45, 7) is 5.30. The number of hydrogen-bond acceptors (Lipinski definition) is 1. The van der Waals surface area contributed by atoms with Gasteiger partial charge in [0.1, 0.15) is 5.82 Å². The standard InChI is InChI=1S/C10H13ClFN/c1-5-4-8(7(3)13)6(2)10(12)9(5)11/h4,7H,13H2,1-3H3. The van der Waals surface area contributed by atoms with Gasteiger partial charge in [0.25, 0.3) is 0 Å². The number of hydrogen-bond donors (Lipinski definition) is 1. The van der Waals surface area contributed by atoms with Gasteiger partial charge in [0.15, 0.2) is 0 Å². The Bertz CT molecular complexity index is 334. The average molecular weight is 202 g/mol. The highest BCUT2D eigenvalue weighted by atomic mass is 35.5. The molecule has 1 rings (SSSR count). The molecule has 0 aliphatic carbocycles. The minimum atomic E-state index is -0.353. The first-order chi connectivity index (χ1) is 5.95. The number of benzene rings is 1. The van der Waals surface area contributed by atoms with Gasteiger partial charge in [-0.05, 0) is 37.5 Å². The summed E-state index contributed by atoms with van der Waals surface area (Å²) in [5, 5.41) is 0.196. The molecule has 0 aliphatic heterocycles. The van der Waals surface area contributed by atoms with Crippen LogP contribution < -0.4 is 5.73 Å². The molecular weight excluding hydrogens is 189 g/mol. The van der Waals surface area contributed by atoms with Crippen molar-refractivity contribution in [1.29, 1.82) is 0 Å². The summed E-state index contributed by atoms with van der Waals surface area (Å²) < 4.78 is 13.4. The quantitative estimate of drug-likeness (QED) is 0.743. The van der Waals surface area contributed by atoms with Gasteiger partial charge in [-0.25, -0.2) is 4.39 Å². The Morgan fingerprint density at radius 2 is 2.00 bits per heavy atom. The molecule has 0 radical (unpaired) electrons. The van der Waals surface area contributed by atoms with E-state index in [0.717, 1.165) is 11.1 Å². The average Bonchev–Trinajstić information content (AvgIpc) is 2.07. The van der Waals surface area contributed by atoms with Crippen molar-refractivity contribution in [3.05, 3.63) is 33.6 Å². The molecule has 0 aliphatic rings. The lowest BCUT2D eigenvalue weighted by Crippen LogP contribution is -2.09. The van der Waals surface area contributed by atoms with Gasteiger partial charge in [-0.15, -0.1) is 0 Å². The summed E-state index contributed by atoms with van der Waals surface area (Å²) in [7, 11) is 0. The van der Waals surface area contributed by atoms with E-state index in [9.17, 15) is 4.39 Å². The predicted octanol–water partition coefficient (Wildman–Crippen LogP) is 3.12. The van der Waals surface area contributed by atoms with E-state index in [4.69, 9.17) is 17.3 Å². The molecule has 0 aromatic heterocycles. The van der Waals surface area contributed by atoms with Crippen LogP contribution in [-0.4, -0.2) is 0 Å². The van der Waals surface area contributed by atoms with Crippen LogP contribution in [0.2, 0.25) is 5.02 Å². The van der Waals surface area contributed by atoms with Crippen LogP contribution in [0.15, 0.2) is 6.07 Å². The van der Waals surface area contributed by atoms with Crippen molar-refractivity contribution in [3.8, 4) is 0 Å². The van der Waals surface area contributed by atoms with Crippen LogP contribution in [0.5, 0.6) is 0 Å². The second kappa shape index (κ2) is 3.64. The highest BCUT2D eigenvalue weighted by Gasteiger charge is 2.13. The molecule has 0 heterocycles. The van der Waals surface area contributed by atoms with Gasteiger partial charge < -0.3 is 5.73 Å². The monoisotopic (exact) mass is 201 g/mol. The Balaban J connectivity index is 3.41. The maximum atomic E-state index is 13.4. The van der Waals surface area contributed by atoms with Crippen LogP contribution in [0.25, 0.3) is 0 Å². The Hall–Kier alpha value is -0.600. The molecule has 1 nitrogen and oxygen atoms in total. The number of aryl methyl sites for hydroxylation is 1. The fraction of sp³-hybridized carbons (Fsp3) is 0.400. The summed E-state index contributed by atoms with van der Waals surface area (Å²) in [6, 6.07) is 1.68. The third-order valence-corrected chi connectivity index (χ3v) is 2.63. The van der Waals surface area contributed by atoms with Crippen molar-refractivity contribution in [1.82, 2.24) is 0 Å². The van der Waals surface area contributed by atoms with Crippen molar-refractivity contribution in [3.63, 3.8) is 0 Å². The first kappa shape index (κ1) is 10.5. The lowest BCUT2D eigenvalue weighted by atomic mass is 10.00. The molecule has 1 atom stereocenters. The molecule has 0 saturated carbocycles. The van der Waals surface area contributed by atoms with Crippen molar-refractivity contribution >= 4 is 11.6 Å². The third kappa shape index (κ3) is 1.84. The summed E-state index contributed by atoms with van der Waals surface area (Å²) in [6.07, 6.45) is 0. The Kier molecular flexibility index (Phi) is 2.94. The highest BCUT2D eigenvalue weighted by Crippen LogP contribution is 2.27. The van der Waals surface area contributed by atoms with Gasteiger partial charge in [0.2, 0.25) is 0 Å². The van der Waals surface area contributed by atoms with Gasteiger partial charge >= 0.3 is 0 Å². The highest BCUT2D eigenvalue weighted by molar-refractivity contribution is 6.31. The maximum Gasteiger partial charge on any atom is 0.145 e. The normalized spacial score (nSPS) is 13.1. The summed E-state index contributed by atoms with van der Waals surface area (Å²) >= 11 is 5.74. The van der Waals surface area contributed by atoms with Gasteiger partial charge in [0, 0.05) is 6.04 Å². The topological polar surface area (TPSA) is 26.0 Å². The molecule has 0 fully saturated rings.